The van der Waals surface area contributed by atoms with Crippen molar-refractivity contribution in [3.8, 4) is 0 Å². The molecule has 1 saturated heterocycles. The predicted molar refractivity (Wildman–Crippen MR) is 65.3 cm³/mol. The molecule has 0 spiro atoms. The molecule has 0 aromatic carbocycles. The number of carbonyl (C=O) groups excluding carboxylic acids is 3. The van der Waals surface area contributed by atoms with Crippen LogP contribution in [0.25, 0.3) is 0 Å². The van der Waals surface area contributed by atoms with Crippen molar-refractivity contribution >= 4 is 18.4 Å². The molecule has 0 aromatic heterocycles. The summed E-state index contributed by atoms with van der Waals surface area (Å²) < 4.78 is 51.3. The van der Waals surface area contributed by atoms with E-state index in [2.05, 4.69) is 9.47 Å². The van der Waals surface area contributed by atoms with Crippen molar-refractivity contribution in [1.82, 2.24) is 0 Å². The fourth-order valence-electron chi connectivity index (χ4n) is 2.09. The molecule has 4 atom stereocenters. The molecule has 9 heteroatoms. The molecule has 0 aromatic rings. The smallest absolute Gasteiger partial charge is 0.394 e. The second kappa shape index (κ2) is 7.46. The number of alkyl halides is 3. The van der Waals surface area contributed by atoms with Crippen molar-refractivity contribution in [1.29, 1.82) is 0 Å². The first-order chi connectivity index (χ1) is 10.2. The van der Waals surface area contributed by atoms with Gasteiger partial charge in [0.15, 0.2) is 0 Å². The zero-order chi connectivity index (χ0) is 16.9. The molecule has 0 saturated carbocycles. The average Bonchev–Trinajstić information content (AvgIpc) is 2.82. The van der Waals surface area contributed by atoms with Crippen LogP contribution in [0.4, 0.5) is 13.2 Å². The Morgan fingerprint density at radius 2 is 2.09 bits per heavy atom. The van der Waals surface area contributed by atoms with Gasteiger partial charge in [-0.2, -0.15) is 13.2 Å². The number of halogens is 3. The maximum Gasteiger partial charge on any atom is 0.394 e. The number of cyclic esters (lactones) is 1. The summed E-state index contributed by atoms with van der Waals surface area (Å²) in [5.74, 6) is -5.61. The Hall–Kier alpha value is -1.80. The molecule has 22 heavy (non-hydrogen) atoms. The van der Waals surface area contributed by atoms with Gasteiger partial charge in [-0.25, -0.2) is 0 Å². The van der Waals surface area contributed by atoms with Crippen LogP contribution in [0.2, 0.25) is 0 Å². The largest absolute Gasteiger partial charge is 0.465 e. The molecule has 0 bridgehead atoms. The number of hydrogen-bond acceptors (Lipinski definition) is 6. The summed E-state index contributed by atoms with van der Waals surface area (Å²) in [5, 5.41) is 0. The third-order valence-electron chi connectivity index (χ3n) is 3.49. The van der Waals surface area contributed by atoms with Gasteiger partial charge >= 0.3 is 18.1 Å². The van der Waals surface area contributed by atoms with E-state index in [1.165, 1.54) is 6.92 Å². The van der Waals surface area contributed by atoms with Gasteiger partial charge in [-0.3, -0.25) is 14.4 Å². The zero-order valence-electron chi connectivity index (χ0n) is 12.1. The first-order valence-electron chi connectivity index (χ1n) is 6.67. The lowest BCUT2D eigenvalue weighted by atomic mass is 9.87. The van der Waals surface area contributed by atoms with Crippen molar-refractivity contribution in [3.63, 3.8) is 0 Å². The van der Waals surface area contributed by atoms with Crippen molar-refractivity contribution in [2.75, 3.05) is 13.2 Å². The second-order valence-corrected chi connectivity index (χ2v) is 5.10. The molecular weight excluding hydrogens is 309 g/mol. The topological polar surface area (TPSA) is 78.9 Å². The number of hydrogen-bond donors (Lipinski definition) is 0. The van der Waals surface area contributed by atoms with Crippen molar-refractivity contribution < 1.29 is 41.8 Å². The highest BCUT2D eigenvalue weighted by atomic mass is 19.4. The Bertz CT molecular complexity index is 422. The molecular formula is C13H17F3O6. The highest BCUT2D eigenvalue weighted by molar-refractivity contribution is 5.83. The molecule has 1 rings (SSSR count). The van der Waals surface area contributed by atoms with Gasteiger partial charge in [0.2, 0.25) is 0 Å². The summed E-state index contributed by atoms with van der Waals surface area (Å²) in [5.41, 5.74) is 0. The van der Waals surface area contributed by atoms with E-state index < -0.39 is 48.6 Å². The third-order valence-corrected chi connectivity index (χ3v) is 3.49. The average molecular weight is 326 g/mol. The highest BCUT2D eigenvalue weighted by Gasteiger charge is 2.44. The minimum Gasteiger partial charge on any atom is -0.465 e. The predicted octanol–water partition coefficient (Wildman–Crippen LogP) is 1.47. The normalized spacial score (nSPS) is 22.4. The molecule has 6 nitrogen and oxygen atoms in total. The standard InChI is InChI=1S/C13H17F3O6/c1-7(13(14,15)16)5-21-12(19)10(8(2)22-6-17)9-3-4-20-11(9)18/h6-10H,3-5H2,1-2H3. The van der Waals surface area contributed by atoms with Crippen LogP contribution in [0.15, 0.2) is 0 Å². The Morgan fingerprint density at radius 3 is 2.55 bits per heavy atom. The van der Waals surface area contributed by atoms with Gasteiger partial charge in [0.05, 0.1) is 18.4 Å². The Kier molecular flexibility index (Phi) is 6.19. The van der Waals surface area contributed by atoms with Crippen LogP contribution in [0.5, 0.6) is 0 Å². The van der Waals surface area contributed by atoms with Crippen molar-refractivity contribution in [2.45, 2.75) is 32.5 Å². The van der Waals surface area contributed by atoms with E-state index in [4.69, 9.17) is 4.74 Å². The highest BCUT2D eigenvalue weighted by Crippen LogP contribution is 2.30. The Balaban J connectivity index is 2.75. The molecule has 4 unspecified atom stereocenters. The molecule has 1 heterocycles. The molecule has 0 radical (unpaired) electrons. The lowest BCUT2D eigenvalue weighted by Gasteiger charge is -2.25. The molecule has 0 amide bonds. The summed E-state index contributed by atoms with van der Waals surface area (Å²) >= 11 is 0. The SMILES string of the molecule is CC(OC=O)C(C(=O)OCC(C)C(F)(F)F)C1CCOC1=O. The Labute approximate surface area is 124 Å². The van der Waals surface area contributed by atoms with Crippen LogP contribution < -0.4 is 0 Å². The number of ether oxygens (including phenoxy) is 3. The van der Waals surface area contributed by atoms with Gasteiger partial charge in [-0.15, -0.1) is 0 Å². The van der Waals surface area contributed by atoms with Gasteiger partial charge in [0.1, 0.15) is 18.6 Å². The molecule has 1 aliphatic rings. The van der Waals surface area contributed by atoms with Crippen LogP contribution >= 0.6 is 0 Å². The van der Waals surface area contributed by atoms with Crippen LogP contribution in [-0.4, -0.2) is 43.9 Å². The summed E-state index contributed by atoms with van der Waals surface area (Å²) in [6, 6.07) is 0. The number of esters is 2. The van der Waals surface area contributed by atoms with E-state index in [-0.39, 0.29) is 19.5 Å². The summed E-state index contributed by atoms with van der Waals surface area (Å²) in [4.78, 5) is 34.0. The van der Waals surface area contributed by atoms with Crippen LogP contribution in [-0.2, 0) is 28.6 Å². The Morgan fingerprint density at radius 1 is 1.45 bits per heavy atom. The maximum absolute atomic E-state index is 12.4. The zero-order valence-corrected chi connectivity index (χ0v) is 12.1. The van der Waals surface area contributed by atoms with E-state index in [0.29, 0.717) is 0 Å². The lowest BCUT2D eigenvalue weighted by molar-refractivity contribution is -0.190. The maximum atomic E-state index is 12.4. The van der Waals surface area contributed by atoms with Gasteiger partial charge in [0.25, 0.3) is 6.47 Å². The molecule has 1 fully saturated rings. The van der Waals surface area contributed by atoms with E-state index in [9.17, 15) is 27.6 Å². The van der Waals surface area contributed by atoms with E-state index in [1.54, 1.807) is 0 Å². The lowest BCUT2D eigenvalue weighted by Crippen LogP contribution is -2.39. The van der Waals surface area contributed by atoms with E-state index in [0.717, 1.165) is 6.92 Å². The van der Waals surface area contributed by atoms with Crippen LogP contribution in [0.3, 0.4) is 0 Å². The summed E-state index contributed by atoms with van der Waals surface area (Å²) in [6.07, 6.45) is -5.30. The molecule has 1 aliphatic heterocycles. The second-order valence-electron chi connectivity index (χ2n) is 5.10. The number of carbonyl (C=O) groups is 3. The first kappa shape index (κ1) is 18.2. The monoisotopic (exact) mass is 326 g/mol. The quantitative estimate of drug-likeness (QED) is 0.400. The van der Waals surface area contributed by atoms with Crippen LogP contribution in [0.1, 0.15) is 20.3 Å². The van der Waals surface area contributed by atoms with E-state index in [1.807, 2.05) is 0 Å². The first-order valence-corrected chi connectivity index (χ1v) is 6.67. The minimum absolute atomic E-state index is 0.0973. The fraction of sp³-hybridized carbons (Fsp3) is 0.769. The van der Waals surface area contributed by atoms with Gasteiger partial charge in [-0.05, 0) is 13.3 Å². The van der Waals surface area contributed by atoms with Gasteiger partial charge in [0, 0.05) is 0 Å². The van der Waals surface area contributed by atoms with Gasteiger partial charge < -0.3 is 14.2 Å². The van der Waals surface area contributed by atoms with Crippen molar-refractivity contribution in [3.05, 3.63) is 0 Å². The van der Waals surface area contributed by atoms with E-state index >= 15 is 0 Å². The summed E-state index contributed by atoms with van der Waals surface area (Å²) in [6.45, 7) is 1.56. The molecule has 0 N–H and O–H groups in total. The third kappa shape index (κ3) is 4.60. The fourth-order valence-corrected chi connectivity index (χ4v) is 2.09. The minimum atomic E-state index is -4.49. The number of rotatable bonds is 7. The summed E-state index contributed by atoms with van der Waals surface area (Å²) in [7, 11) is 0. The molecule has 126 valence electrons. The van der Waals surface area contributed by atoms with Gasteiger partial charge in [-0.1, -0.05) is 6.92 Å². The van der Waals surface area contributed by atoms with Crippen LogP contribution in [0, 0.1) is 17.8 Å². The van der Waals surface area contributed by atoms with Crippen molar-refractivity contribution in [2.24, 2.45) is 17.8 Å². The molecule has 0 aliphatic carbocycles.